The van der Waals surface area contributed by atoms with Gasteiger partial charge in [-0.25, -0.2) is 0 Å². The Labute approximate surface area is 469 Å². The summed E-state index contributed by atoms with van der Waals surface area (Å²) in [5.41, 5.74) is 1.60. The molecule has 16 aliphatic rings. The van der Waals surface area contributed by atoms with Gasteiger partial charge < -0.3 is 86.4 Å². The second-order valence-electron chi connectivity index (χ2n) is 28.2. The van der Waals surface area contributed by atoms with Crippen LogP contribution in [0, 0.1) is 23.7 Å². The Bertz CT molecular complexity index is 2390. The van der Waals surface area contributed by atoms with Crippen LogP contribution >= 0.6 is 0 Å². The summed E-state index contributed by atoms with van der Waals surface area (Å²) >= 11 is 0. The Balaban J connectivity index is 0.658. The lowest BCUT2D eigenvalue weighted by molar-refractivity contribution is -0.347. The summed E-state index contributed by atoms with van der Waals surface area (Å²) in [6.07, 6.45) is 1.95. The van der Waals surface area contributed by atoms with E-state index in [1.165, 1.54) is 0 Å². The van der Waals surface area contributed by atoms with Crippen LogP contribution in [0.5, 0.6) is 0 Å². The number of rotatable bonds is 4. The van der Waals surface area contributed by atoms with Crippen LogP contribution in [0.15, 0.2) is 24.3 Å². The second-order valence-corrected chi connectivity index (χ2v) is 28.2. The molecule has 3 N–H and O–H groups in total. The van der Waals surface area contributed by atoms with Crippen LogP contribution in [-0.2, 0) is 75.8 Å². The van der Waals surface area contributed by atoms with E-state index in [0.29, 0.717) is 70.6 Å². The smallest absolute Gasteiger partial charge is 0.308 e. The zero-order valence-corrected chi connectivity index (χ0v) is 47.4. The molecule has 0 saturated carbocycles. The van der Waals surface area contributed by atoms with Gasteiger partial charge in [0, 0.05) is 70.1 Å². The number of fused-ring (bicyclic) bond motifs is 10. The number of carbonyl (C=O) groups excluding carboxylic acids is 1. The van der Waals surface area contributed by atoms with Gasteiger partial charge in [0.05, 0.1) is 123 Å². The largest absolute Gasteiger partial charge is 0.459 e. The minimum atomic E-state index is -1.02. The fourth-order valence-electron chi connectivity index (χ4n) is 18.6. The lowest BCUT2D eigenvalue weighted by atomic mass is 9.79. The van der Waals surface area contributed by atoms with Crippen LogP contribution in [-0.4, -0.2) is 197 Å². The molecular weight excluding hydrogens is 1040 g/mol. The van der Waals surface area contributed by atoms with Crippen LogP contribution in [0.3, 0.4) is 0 Å². The van der Waals surface area contributed by atoms with Crippen LogP contribution in [0.1, 0.15) is 150 Å². The summed E-state index contributed by atoms with van der Waals surface area (Å²) in [6.45, 7) is 19.6. The van der Waals surface area contributed by atoms with Gasteiger partial charge in [-0.05, 0) is 80.8 Å². The predicted octanol–water partition coefficient (Wildman–Crippen LogP) is 5.32. The fraction of sp³-hybridized carbons (Fsp3) is 0.918. The molecule has 0 aromatic carbocycles. The predicted molar refractivity (Wildman–Crippen MR) is 278 cm³/mol. The van der Waals surface area contributed by atoms with Crippen molar-refractivity contribution in [3.05, 3.63) is 24.3 Å². The molecule has 16 fully saturated rings. The average molecular weight is 1130 g/mol. The summed E-state index contributed by atoms with van der Waals surface area (Å²) in [5.74, 6) is -2.82. The highest BCUT2D eigenvalue weighted by atomic mass is 16.8. The van der Waals surface area contributed by atoms with Crippen molar-refractivity contribution in [2.45, 2.75) is 320 Å². The highest BCUT2D eigenvalue weighted by Gasteiger charge is 2.73. The third-order valence-electron chi connectivity index (χ3n) is 22.3. The van der Waals surface area contributed by atoms with E-state index in [-0.39, 0.29) is 140 Å². The quantitative estimate of drug-likeness (QED) is 0.240. The molecule has 16 aliphatic heterocycles. The number of hydrogen-bond donors (Lipinski definition) is 3. The molecule has 0 aliphatic carbocycles. The summed E-state index contributed by atoms with van der Waals surface area (Å²) in [6, 6.07) is 0. The van der Waals surface area contributed by atoms with E-state index in [1.807, 2.05) is 0 Å². The number of ether oxygens (including phenoxy) is 15. The van der Waals surface area contributed by atoms with E-state index >= 15 is 0 Å². The van der Waals surface area contributed by atoms with Crippen LogP contribution < -0.4 is 0 Å². The molecule has 80 heavy (non-hydrogen) atoms. The number of carbonyl (C=O) groups is 1. The van der Waals surface area contributed by atoms with Gasteiger partial charge in [-0.15, -0.1) is 0 Å². The van der Waals surface area contributed by atoms with Crippen molar-refractivity contribution in [3.8, 4) is 0 Å². The zero-order chi connectivity index (χ0) is 54.9. The third-order valence-corrected chi connectivity index (χ3v) is 22.3. The maximum atomic E-state index is 14.6. The van der Waals surface area contributed by atoms with E-state index in [4.69, 9.17) is 71.1 Å². The maximum Gasteiger partial charge on any atom is 0.308 e. The Kier molecular flexibility index (Phi) is 13.8. The lowest BCUT2D eigenvalue weighted by Gasteiger charge is -2.50. The van der Waals surface area contributed by atoms with Crippen molar-refractivity contribution >= 4 is 5.97 Å². The number of aliphatic hydroxyl groups is 3. The average Bonchev–Trinajstić information content (AvgIpc) is 4.40. The van der Waals surface area contributed by atoms with E-state index in [1.54, 1.807) is 0 Å². The Hall–Kier alpha value is -1.73. The SMILES string of the molecule is C=C1C[C@@H]2CC[C@@]34C[C@]5(C)O[C@H]6[C@@H](O3)[C@H]3O[C@H](CC[C@@H]3O[C@H]6C5O4)CC(=O)O[C@@H]3[C@@H](C)[C@@H]4O[C@@H]5C[C@]6(C[C@@H]7O[C@]8(C[C@H](C)[C@@H]9O[C@H]([C@@H](O)C[C@@H](O)CO)C[C@@H]9O8)C[C@H](C)[C@@H]7O6)O[C@@H]5C[C@@H]4O[C@H]3C[C@H]3O[C@@H](CC[C@@H]1O2)C[C@@H](C)C3=C. The molecule has 19 heteroatoms. The molecule has 1 unspecified atom stereocenters. The maximum absolute atomic E-state index is 14.6. The summed E-state index contributed by atoms with van der Waals surface area (Å²) in [7, 11) is 0. The molecule has 0 radical (unpaired) electrons. The van der Waals surface area contributed by atoms with Crippen molar-refractivity contribution in [2.24, 2.45) is 23.7 Å². The van der Waals surface area contributed by atoms with Gasteiger partial charge >= 0.3 is 5.97 Å². The fourth-order valence-corrected chi connectivity index (χ4v) is 18.6. The highest BCUT2D eigenvalue weighted by molar-refractivity contribution is 5.70. The molecule has 32 atom stereocenters. The molecule has 0 aromatic rings. The Morgan fingerprint density at radius 3 is 2.09 bits per heavy atom. The van der Waals surface area contributed by atoms with Crippen LogP contribution in [0.4, 0.5) is 0 Å². The molecule has 16 saturated heterocycles. The van der Waals surface area contributed by atoms with Gasteiger partial charge in [0.2, 0.25) is 0 Å². The van der Waals surface area contributed by atoms with Gasteiger partial charge in [0.25, 0.3) is 0 Å². The molecule has 19 nitrogen and oxygen atoms in total. The molecule has 0 amide bonds. The first-order valence-electron chi connectivity index (χ1n) is 31.2. The van der Waals surface area contributed by atoms with Crippen molar-refractivity contribution in [3.63, 3.8) is 0 Å². The van der Waals surface area contributed by atoms with Crippen LogP contribution in [0.2, 0.25) is 0 Å². The molecule has 16 heterocycles. The number of hydrogen-bond acceptors (Lipinski definition) is 19. The summed E-state index contributed by atoms with van der Waals surface area (Å²) < 4.78 is 104. The first kappa shape index (κ1) is 54.9. The first-order valence-corrected chi connectivity index (χ1v) is 31.2. The van der Waals surface area contributed by atoms with E-state index in [0.717, 1.165) is 43.3 Å². The number of aliphatic hydroxyl groups excluding tert-OH is 3. The van der Waals surface area contributed by atoms with Crippen molar-refractivity contribution in [1.29, 1.82) is 0 Å². The summed E-state index contributed by atoms with van der Waals surface area (Å²) in [4.78, 5) is 14.6. The van der Waals surface area contributed by atoms with Crippen molar-refractivity contribution in [2.75, 3.05) is 6.61 Å². The first-order chi connectivity index (χ1) is 38.3. The Morgan fingerprint density at radius 2 is 1.25 bits per heavy atom. The van der Waals surface area contributed by atoms with Crippen molar-refractivity contribution < 1.29 is 91.2 Å². The number of esters is 1. The normalized spacial score (nSPS) is 57.6. The molecule has 3 spiro atoms. The molecule has 12 bridgehead atoms. The summed E-state index contributed by atoms with van der Waals surface area (Å²) in [5, 5.41) is 30.4. The van der Waals surface area contributed by atoms with Gasteiger partial charge in [-0.2, -0.15) is 0 Å². The minimum Gasteiger partial charge on any atom is -0.459 e. The van der Waals surface area contributed by atoms with E-state index in [9.17, 15) is 20.1 Å². The second kappa shape index (κ2) is 20.2. The highest BCUT2D eigenvalue weighted by Crippen LogP contribution is 2.60. The molecule has 446 valence electrons. The topological polar surface area (TPSA) is 216 Å². The standard InChI is InChI=1S/C61H88O19/c1-27-14-34-8-10-38-28(2)15-36(66-38)12-13-59-26-58(7)57(80-59)56-55(77-58)54(79-59)53-39(70-56)11-9-35(68-53)17-48(65)73-52-32(6)51-44(69-43(52)18-40(67-34)31(27)5)20-42-46(72-51)23-61(74-42)24-47-50(78-61)30(4)22-60(76-47)21-29(3)49-45(75-60)19-41(71-49)37(64)16-33(63)25-62/h27,29-30,32-47,49-57,62-64H,2,5,8-26H2,1,3-4,6-7H3/t27-,29+,30+,32+,33-,34+,35-,36+,37+,38+,39+,40-,41+,42-,43+,44+,45+,46-,47+,49+,50+,51+,52-,53+,54+,55+,56-,57?,58+,59-,60-,61+/m1/s1. The van der Waals surface area contributed by atoms with E-state index in [2.05, 4.69) is 47.8 Å². The van der Waals surface area contributed by atoms with Crippen LogP contribution in [0.25, 0.3) is 0 Å². The van der Waals surface area contributed by atoms with Gasteiger partial charge in [-0.1, -0.05) is 40.9 Å². The third kappa shape index (κ3) is 9.32. The molecular formula is C61H88O19. The van der Waals surface area contributed by atoms with Gasteiger partial charge in [-0.3, -0.25) is 4.79 Å². The zero-order valence-electron chi connectivity index (χ0n) is 47.4. The molecule has 0 aromatic heterocycles. The minimum absolute atomic E-state index is 0.00300. The van der Waals surface area contributed by atoms with Crippen molar-refractivity contribution in [1.82, 2.24) is 0 Å². The molecule has 16 rings (SSSR count). The monoisotopic (exact) mass is 1120 g/mol. The Morgan fingerprint density at radius 1 is 0.550 bits per heavy atom. The van der Waals surface area contributed by atoms with E-state index < -0.39 is 78.4 Å². The lowest BCUT2D eigenvalue weighted by Crippen LogP contribution is -2.62. The van der Waals surface area contributed by atoms with Gasteiger partial charge in [0.1, 0.15) is 42.2 Å². The van der Waals surface area contributed by atoms with Gasteiger partial charge in [0.15, 0.2) is 17.4 Å².